The normalized spacial score (nSPS) is 11.7. The summed E-state index contributed by atoms with van der Waals surface area (Å²) in [5.41, 5.74) is 2.06. The molecule has 0 bridgehead atoms. The van der Waals surface area contributed by atoms with Crippen LogP contribution in [-0.2, 0) is 16.6 Å². The fraction of sp³-hybridized carbons (Fsp3) is 0.350. The Morgan fingerprint density at radius 3 is 2.33 bits per heavy atom. The molecule has 1 N–H and O–H groups in total. The van der Waals surface area contributed by atoms with Crippen molar-refractivity contribution in [3.8, 4) is 5.75 Å². The fourth-order valence-corrected chi connectivity index (χ4v) is 3.75. The maximum atomic E-state index is 12.8. The van der Waals surface area contributed by atoms with Crippen molar-refractivity contribution < 1.29 is 17.9 Å². The third-order valence-corrected chi connectivity index (χ3v) is 5.90. The first-order valence-electron chi connectivity index (χ1n) is 8.66. The third kappa shape index (κ3) is 5.08. The van der Waals surface area contributed by atoms with E-state index in [-0.39, 0.29) is 23.4 Å². The number of rotatable bonds is 7. The third-order valence-electron chi connectivity index (χ3n) is 4.08. The molecule has 0 unspecified atom stereocenters. The summed E-state index contributed by atoms with van der Waals surface area (Å²) in [5.74, 6) is 0.319. The van der Waals surface area contributed by atoms with Crippen LogP contribution in [0.15, 0.2) is 47.4 Å². The minimum Gasteiger partial charge on any atom is -0.496 e. The lowest BCUT2D eigenvalue weighted by molar-refractivity contribution is 0.0943. The van der Waals surface area contributed by atoms with Crippen molar-refractivity contribution in [2.24, 2.45) is 0 Å². The maximum absolute atomic E-state index is 12.8. The molecule has 27 heavy (non-hydrogen) atoms. The summed E-state index contributed by atoms with van der Waals surface area (Å²) >= 11 is 0. The number of ether oxygens (including phenoxy) is 1. The number of nitrogens with one attached hydrogen (secondary N) is 1. The molecule has 0 heterocycles. The molecule has 2 rings (SSSR count). The highest BCUT2D eigenvalue weighted by Crippen LogP contribution is 2.24. The SMILES string of the molecule is COc1ccc(C(=O)NC(C)C)cc1CN(C)S(=O)(=O)c1ccc(C)cc1. The van der Waals surface area contributed by atoms with Gasteiger partial charge in [-0.2, -0.15) is 4.31 Å². The van der Waals surface area contributed by atoms with E-state index >= 15 is 0 Å². The Bertz CT molecular complexity index is 906. The number of methoxy groups -OCH3 is 1. The number of aryl methyl sites for hydroxylation is 1. The number of benzene rings is 2. The Kier molecular flexibility index (Phi) is 6.62. The van der Waals surface area contributed by atoms with Gasteiger partial charge in [-0.25, -0.2) is 8.42 Å². The van der Waals surface area contributed by atoms with E-state index in [4.69, 9.17) is 4.74 Å². The zero-order valence-corrected chi connectivity index (χ0v) is 17.1. The van der Waals surface area contributed by atoms with Gasteiger partial charge in [0.15, 0.2) is 0 Å². The van der Waals surface area contributed by atoms with E-state index in [0.717, 1.165) is 5.56 Å². The van der Waals surface area contributed by atoms with Crippen LogP contribution < -0.4 is 10.1 Å². The molecule has 0 aliphatic rings. The van der Waals surface area contributed by atoms with Gasteiger partial charge in [0, 0.05) is 30.8 Å². The van der Waals surface area contributed by atoms with Crippen LogP contribution in [0.1, 0.15) is 35.3 Å². The highest BCUT2D eigenvalue weighted by atomic mass is 32.2. The molecule has 0 spiro atoms. The van der Waals surface area contributed by atoms with Gasteiger partial charge < -0.3 is 10.1 Å². The van der Waals surface area contributed by atoms with Crippen molar-refractivity contribution in [3.05, 3.63) is 59.2 Å². The molecule has 2 aromatic rings. The number of sulfonamides is 1. The zero-order chi connectivity index (χ0) is 20.2. The number of carbonyl (C=O) groups is 1. The summed E-state index contributed by atoms with van der Waals surface area (Å²) in [6.45, 7) is 5.75. The predicted octanol–water partition coefficient (Wildman–Crippen LogP) is 2.96. The molecular formula is C20H26N2O4S. The first kappa shape index (κ1) is 20.9. The molecule has 0 aliphatic carbocycles. The highest BCUT2D eigenvalue weighted by molar-refractivity contribution is 7.89. The van der Waals surface area contributed by atoms with Gasteiger partial charge in [-0.3, -0.25) is 4.79 Å². The van der Waals surface area contributed by atoms with Crippen LogP contribution in [0.3, 0.4) is 0 Å². The van der Waals surface area contributed by atoms with Gasteiger partial charge >= 0.3 is 0 Å². The molecule has 0 fully saturated rings. The van der Waals surface area contributed by atoms with Gasteiger partial charge in [0.1, 0.15) is 5.75 Å². The molecule has 0 aliphatic heterocycles. The second-order valence-corrected chi connectivity index (χ2v) is 8.77. The minimum absolute atomic E-state index is 0.00707. The lowest BCUT2D eigenvalue weighted by Crippen LogP contribution is -2.30. The van der Waals surface area contributed by atoms with Gasteiger partial charge in [-0.1, -0.05) is 17.7 Å². The largest absolute Gasteiger partial charge is 0.496 e. The van der Waals surface area contributed by atoms with Crippen molar-refractivity contribution in [2.75, 3.05) is 14.2 Å². The molecule has 1 amide bonds. The Morgan fingerprint density at radius 1 is 1.15 bits per heavy atom. The quantitative estimate of drug-likeness (QED) is 0.789. The number of nitrogens with zero attached hydrogens (tertiary/aromatic N) is 1. The van der Waals surface area contributed by atoms with Crippen LogP contribution in [0.5, 0.6) is 5.75 Å². The lowest BCUT2D eigenvalue weighted by atomic mass is 10.1. The summed E-state index contributed by atoms with van der Waals surface area (Å²) in [6.07, 6.45) is 0. The fourth-order valence-electron chi connectivity index (χ4n) is 2.60. The zero-order valence-electron chi connectivity index (χ0n) is 16.3. The van der Waals surface area contributed by atoms with E-state index in [1.165, 1.54) is 18.5 Å². The summed E-state index contributed by atoms with van der Waals surface area (Å²) in [5, 5.41) is 2.83. The predicted molar refractivity (Wildman–Crippen MR) is 105 cm³/mol. The van der Waals surface area contributed by atoms with Crippen molar-refractivity contribution in [1.82, 2.24) is 9.62 Å². The van der Waals surface area contributed by atoms with Crippen molar-refractivity contribution >= 4 is 15.9 Å². The number of hydrogen-bond acceptors (Lipinski definition) is 4. The lowest BCUT2D eigenvalue weighted by Gasteiger charge is -2.19. The Balaban J connectivity index is 2.31. The van der Waals surface area contributed by atoms with E-state index < -0.39 is 10.0 Å². The summed E-state index contributed by atoms with van der Waals surface area (Å²) in [7, 11) is -0.629. The van der Waals surface area contributed by atoms with E-state index in [2.05, 4.69) is 5.32 Å². The van der Waals surface area contributed by atoms with Gasteiger partial charge in [0.25, 0.3) is 5.91 Å². The maximum Gasteiger partial charge on any atom is 0.251 e. The van der Waals surface area contributed by atoms with Gasteiger partial charge in [0.2, 0.25) is 10.0 Å². The van der Waals surface area contributed by atoms with Crippen LogP contribution >= 0.6 is 0 Å². The molecule has 7 heteroatoms. The minimum atomic E-state index is -3.65. The second-order valence-electron chi connectivity index (χ2n) is 6.73. The molecule has 2 aromatic carbocycles. The molecule has 146 valence electrons. The average molecular weight is 391 g/mol. The van der Waals surface area contributed by atoms with Crippen LogP contribution in [0.4, 0.5) is 0 Å². The van der Waals surface area contributed by atoms with Gasteiger partial charge in [0.05, 0.1) is 12.0 Å². The Morgan fingerprint density at radius 2 is 1.78 bits per heavy atom. The Labute approximate surface area is 161 Å². The van der Waals surface area contributed by atoms with Gasteiger partial charge in [-0.05, 0) is 51.1 Å². The molecule has 0 saturated carbocycles. The first-order valence-corrected chi connectivity index (χ1v) is 10.1. The van der Waals surface area contributed by atoms with Crippen molar-refractivity contribution in [1.29, 1.82) is 0 Å². The summed E-state index contributed by atoms with van der Waals surface area (Å²) < 4.78 is 32.2. The molecule has 6 nitrogen and oxygen atoms in total. The van der Waals surface area contributed by atoms with Crippen LogP contribution in [0, 0.1) is 6.92 Å². The molecule has 0 saturated heterocycles. The van der Waals surface area contributed by atoms with E-state index in [0.29, 0.717) is 16.9 Å². The number of hydrogen-bond donors (Lipinski definition) is 1. The smallest absolute Gasteiger partial charge is 0.251 e. The average Bonchev–Trinajstić information content (AvgIpc) is 2.61. The standard InChI is InChI=1S/C20H26N2O4S/c1-14(2)21-20(23)16-8-11-19(26-5)17(12-16)13-22(4)27(24,25)18-9-6-15(3)7-10-18/h6-12,14H,13H2,1-5H3,(H,21,23). The van der Waals surface area contributed by atoms with E-state index in [9.17, 15) is 13.2 Å². The Hall–Kier alpha value is -2.38. The van der Waals surface area contributed by atoms with E-state index in [1.54, 1.807) is 42.5 Å². The van der Waals surface area contributed by atoms with Crippen molar-refractivity contribution in [2.45, 2.75) is 38.3 Å². The number of carbonyl (C=O) groups excluding carboxylic acids is 1. The molecular weight excluding hydrogens is 364 g/mol. The topological polar surface area (TPSA) is 75.7 Å². The molecule has 0 aromatic heterocycles. The van der Waals surface area contributed by atoms with Crippen molar-refractivity contribution in [3.63, 3.8) is 0 Å². The first-order chi connectivity index (χ1) is 12.6. The van der Waals surface area contributed by atoms with Crippen LogP contribution in [0.2, 0.25) is 0 Å². The molecule has 0 radical (unpaired) electrons. The monoisotopic (exact) mass is 390 g/mol. The van der Waals surface area contributed by atoms with Crippen LogP contribution in [-0.4, -0.2) is 38.8 Å². The van der Waals surface area contributed by atoms with Gasteiger partial charge in [-0.15, -0.1) is 0 Å². The van der Waals surface area contributed by atoms with E-state index in [1.807, 2.05) is 20.8 Å². The van der Waals surface area contributed by atoms with Crippen LogP contribution in [0.25, 0.3) is 0 Å². The number of amides is 1. The molecule has 0 atom stereocenters. The summed E-state index contributed by atoms with van der Waals surface area (Å²) in [4.78, 5) is 12.5. The summed E-state index contributed by atoms with van der Waals surface area (Å²) in [6, 6.07) is 11.7. The second kappa shape index (κ2) is 8.54. The highest BCUT2D eigenvalue weighted by Gasteiger charge is 2.22.